The number of carbonyl (C=O) groups is 1. The fraction of sp³-hybridized carbons (Fsp3) is 0.652. The Morgan fingerprint density at radius 3 is 2.49 bits per heavy atom. The molecule has 35 heavy (non-hydrogen) atoms. The number of rotatable bonds is 6. The van der Waals surface area contributed by atoms with Crippen molar-refractivity contribution in [2.45, 2.75) is 76.4 Å². The van der Waals surface area contributed by atoms with E-state index in [1.165, 1.54) is 6.33 Å². The monoisotopic (exact) mass is 498 g/mol. The van der Waals surface area contributed by atoms with Gasteiger partial charge in [0, 0.05) is 25.7 Å². The van der Waals surface area contributed by atoms with E-state index >= 15 is 0 Å². The number of tetrazole rings is 1. The zero-order valence-corrected chi connectivity index (χ0v) is 19.7. The number of halogens is 4. The van der Waals surface area contributed by atoms with Crippen LogP contribution in [0.5, 0.6) is 0 Å². The number of carbonyl (C=O) groups excluding carboxylic acids is 1. The Balaban J connectivity index is 1.42. The lowest BCUT2D eigenvalue weighted by molar-refractivity contribution is -0.147. The molecule has 1 aliphatic heterocycles. The van der Waals surface area contributed by atoms with Crippen molar-refractivity contribution in [2.24, 2.45) is 5.41 Å². The zero-order chi connectivity index (χ0) is 25.4. The molecule has 1 saturated heterocycles. The number of hydrogen-bond donors (Lipinski definition) is 2. The maximum absolute atomic E-state index is 13.8. The first-order valence-corrected chi connectivity index (χ1v) is 11.7. The van der Waals surface area contributed by atoms with Crippen LogP contribution in [0.15, 0.2) is 24.5 Å². The predicted octanol–water partition coefficient (Wildman–Crippen LogP) is 3.09. The molecule has 1 aromatic carbocycles. The topological polar surface area (TPSA) is 96.2 Å². The van der Waals surface area contributed by atoms with E-state index in [1.54, 1.807) is 18.6 Å². The van der Waals surface area contributed by atoms with Gasteiger partial charge in [-0.05, 0) is 74.9 Å². The van der Waals surface area contributed by atoms with Crippen LogP contribution in [0.1, 0.15) is 63.1 Å². The number of amides is 1. The summed E-state index contributed by atoms with van der Waals surface area (Å²) in [7, 11) is 0. The molecule has 2 N–H and O–H groups in total. The van der Waals surface area contributed by atoms with Crippen molar-refractivity contribution >= 4 is 5.91 Å². The number of piperidine rings is 1. The molecule has 2 aliphatic rings. The summed E-state index contributed by atoms with van der Waals surface area (Å²) in [5.41, 5.74) is -3.56. The smallest absolute Gasteiger partial charge is 0.389 e. The maximum atomic E-state index is 13.8. The molecule has 2 aromatic rings. The summed E-state index contributed by atoms with van der Waals surface area (Å²) in [5, 5.41) is 25.5. The van der Waals surface area contributed by atoms with Gasteiger partial charge in [0.2, 0.25) is 5.91 Å². The Morgan fingerprint density at radius 1 is 1.17 bits per heavy atom. The number of benzene rings is 1. The van der Waals surface area contributed by atoms with Gasteiger partial charge in [0.1, 0.15) is 5.82 Å². The quantitative estimate of drug-likeness (QED) is 0.595. The van der Waals surface area contributed by atoms with Crippen LogP contribution in [0.4, 0.5) is 17.6 Å². The van der Waals surface area contributed by atoms with Crippen LogP contribution in [0, 0.1) is 11.2 Å². The largest absolute Gasteiger partial charge is 0.416 e. The third-order valence-electron chi connectivity index (χ3n) is 7.54. The number of alkyl halides is 3. The number of aliphatic hydroxyl groups is 1. The van der Waals surface area contributed by atoms with E-state index < -0.39 is 34.5 Å². The number of aromatic nitrogens is 4. The van der Waals surface area contributed by atoms with E-state index in [4.69, 9.17) is 0 Å². The molecule has 8 nitrogen and oxygen atoms in total. The molecule has 0 bridgehead atoms. The molecule has 0 radical (unpaired) electrons. The molecule has 0 spiro atoms. The fourth-order valence-corrected chi connectivity index (χ4v) is 5.46. The van der Waals surface area contributed by atoms with Gasteiger partial charge in [-0.25, -0.2) is 4.39 Å². The lowest BCUT2D eigenvalue weighted by Crippen LogP contribution is -2.53. The zero-order valence-electron chi connectivity index (χ0n) is 19.7. The van der Waals surface area contributed by atoms with Crippen LogP contribution >= 0.6 is 0 Å². The van der Waals surface area contributed by atoms with Crippen molar-refractivity contribution in [1.82, 2.24) is 30.4 Å². The Morgan fingerprint density at radius 2 is 1.89 bits per heavy atom. The van der Waals surface area contributed by atoms with E-state index in [0.717, 1.165) is 38.1 Å². The summed E-state index contributed by atoms with van der Waals surface area (Å²) in [6.45, 7) is 4.50. The molecule has 2 atom stereocenters. The molecule has 1 saturated carbocycles. The SMILES string of the molecule is CC(C)(O)[C@]1(C(=O)NCc2cc(F)cc(C(F)(F)F)c2)CC[C@@H](N2CCC(n3ncnn3)CC2)C1. The molecular weight excluding hydrogens is 468 g/mol. The van der Waals surface area contributed by atoms with Gasteiger partial charge in [0.05, 0.1) is 22.6 Å². The summed E-state index contributed by atoms with van der Waals surface area (Å²) in [6.07, 6.45) is -0.0219. The second kappa shape index (κ2) is 9.45. The van der Waals surface area contributed by atoms with Crippen LogP contribution in [0.3, 0.4) is 0 Å². The third-order valence-corrected chi connectivity index (χ3v) is 7.54. The van der Waals surface area contributed by atoms with Gasteiger partial charge in [-0.2, -0.15) is 18.0 Å². The summed E-state index contributed by atoms with van der Waals surface area (Å²) >= 11 is 0. The molecule has 1 aromatic heterocycles. The Labute approximate surface area is 200 Å². The molecule has 192 valence electrons. The van der Waals surface area contributed by atoms with Crippen LogP contribution in [0.25, 0.3) is 0 Å². The van der Waals surface area contributed by atoms with Crippen LogP contribution in [-0.4, -0.2) is 60.9 Å². The van der Waals surface area contributed by atoms with E-state index in [-0.39, 0.29) is 24.2 Å². The van der Waals surface area contributed by atoms with Crippen LogP contribution in [-0.2, 0) is 17.5 Å². The van der Waals surface area contributed by atoms with Gasteiger partial charge >= 0.3 is 6.18 Å². The highest BCUT2D eigenvalue weighted by Gasteiger charge is 2.55. The van der Waals surface area contributed by atoms with Crippen molar-refractivity contribution in [3.8, 4) is 0 Å². The van der Waals surface area contributed by atoms with Crippen molar-refractivity contribution in [3.63, 3.8) is 0 Å². The highest BCUT2D eigenvalue weighted by molar-refractivity contribution is 5.84. The second-order valence-corrected chi connectivity index (χ2v) is 10.1. The first-order valence-electron chi connectivity index (χ1n) is 11.7. The molecule has 4 rings (SSSR count). The molecule has 1 aliphatic carbocycles. The number of hydrogen-bond acceptors (Lipinski definition) is 6. The van der Waals surface area contributed by atoms with Gasteiger partial charge in [0.15, 0.2) is 6.33 Å². The summed E-state index contributed by atoms with van der Waals surface area (Å²) in [5.74, 6) is -1.46. The van der Waals surface area contributed by atoms with Gasteiger partial charge in [-0.15, -0.1) is 10.2 Å². The van der Waals surface area contributed by atoms with E-state index in [9.17, 15) is 27.5 Å². The minimum absolute atomic E-state index is 0.00918. The Hall–Kier alpha value is -2.60. The van der Waals surface area contributed by atoms with Gasteiger partial charge in [-0.3, -0.25) is 4.79 Å². The molecule has 12 heteroatoms. The minimum atomic E-state index is -4.69. The van der Waals surface area contributed by atoms with Crippen molar-refractivity contribution in [1.29, 1.82) is 0 Å². The van der Waals surface area contributed by atoms with E-state index in [0.29, 0.717) is 25.3 Å². The molecule has 2 fully saturated rings. The standard InChI is InChI=1S/C23H30F4N6O2/c1-21(2,35)22(20(34)28-13-15-9-16(23(25,26)27)11-17(24)10-15)6-3-19(12-22)32-7-4-18(5-8-32)33-30-14-29-31-33/h9-11,14,18-19,35H,3-8,12-13H2,1-2H3,(H,28,34)/t19-,22-/m1/s1. The lowest BCUT2D eigenvalue weighted by Gasteiger charge is -2.41. The maximum Gasteiger partial charge on any atom is 0.416 e. The number of likely N-dealkylation sites (tertiary alicyclic amines) is 1. The molecular formula is C23H30F4N6O2. The summed E-state index contributed by atoms with van der Waals surface area (Å²) in [4.78, 5) is 17.3. The lowest BCUT2D eigenvalue weighted by atomic mass is 9.71. The third kappa shape index (κ3) is 5.32. The predicted molar refractivity (Wildman–Crippen MR) is 117 cm³/mol. The van der Waals surface area contributed by atoms with Crippen molar-refractivity contribution < 1.29 is 27.5 Å². The summed E-state index contributed by atoms with van der Waals surface area (Å²) < 4.78 is 52.8. The highest BCUT2D eigenvalue weighted by atomic mass is 19.4. The van der Waals surface area contributed by atoms with E-state index in [1.807, 2.05) is 0 Å². The van der Waals surface area contributed by atoms with Gasteiger partial charge in [0.25, 0.3) is 0 Å². The Bertz CT molecular complexity index is 1030. The van der Waals surface area contributed by atoms with Crippen molar-refractivity contribution in [3.05, 3.63) is 41.5 Å². The second-order valence-electron chi connectivity index (χ2n) is 10.1. The van der Waals surface area contributed by atoms with Crippen molar-refractivity contribution in [2.75, 3.05) is 13.1 Å². The number of nitrogens with one attached hydrogen (secondary N) is 1. The van der Waals surface area contributed by atoms with Crippen LogP contribution < -0.4 is 5.32 Å². The summed E-state index contributed by atoms with van der Waals surface area (Å²) in [6, 6.07) is 2.48. The molecule has 2 heterocycles. The van der Waals surface area contributed by atoms with E-state index in [2.05, 4.69) is 25.6 Å². The normalized spacial score (nSPS) is 24.6. The Kier molecular flexibility index (Phi) is 6.89. The number of nitrogens with zero attached hydrogens (tertiary/aromatic N) is 5. The fourth-order valence-electron chi connectivity index (χ4n) is 5.46. The highest BCUT2D eigenvalue weighted by Crippen LogP contribution is 2.49. The van der Waals surface area contributed by atoms with Crippen LogP contribution in [0.2, 0.25) is 0 Å². The average Bonchev–Trinajstić information content (AvgIpc) is 3.47. The van der Waals surface area contributed by atoms with Gasteiger partial charge < -0.3 is 15.3 Å². The first-order chi connectivity index (χ1) is 16.4. The molecule has 0 unspecified atom stereocenters. The van der Waals surface area contributed by atoms with Gasteiger partial charge in [-0.1, -0.05) is 0 Å². The molecule has 1 amide bonds. The first kappa shape index (κ1) is 25.5. The average molecular weight is 499 g/mol. The minimum Gasteiger partial charge on any atom is -0.389 e.